The van der Waals surface area contributed by atoms with Gasteiger partial charge in [0.2, 0.25) is 0 Å². The summed E-state index contributed by atoms with van der Waals surface area (Å²) in [5, 5.41) is 27.2. The third kappa shape index (κ3) is 1.49. The van der Waals surface area contributed by atoms with E-state index in [1.165, 1.54) is 0 Å². The van der Waals surface area contributed by atoms with Gasteiger partial charge in [0.25, 0.3) is 0 Å². The minimum atomic E-state index is -0.632. The molecule has 0 aromatic carbocycles. The Kier molecular flexibility index (Phi) is 3.09. The predicted octanol–water partition coefficient (Wildman–Crippen LogP) is -0.00420. The van der Waals surface area contributed by atoms with Gasteiger partial charge in [0.05, 0.1) is 19.8 Å². The van der Waals surface area contributed by atoms with Gasteiger partial charge in [-0.25, -0.2) is 0 Å². The SMILES string of the molecule is CC1CC(C(CO)(CO)CO)C1. The maximum atomic E-state index is 9.08. The van der Waals surface area contributed by atoms with Crippen molar-refractivity contribution in [1.29, 1.82) is 0 Å². The molecule has 0 aromatic rings. The van der Waals surface area contributed by atoms with Gasteiger partial charge in [0.15, 0.2) is 0 Å². The van der Waals surface area contributed by atoms with Crippen LogP contribution in [0.3, 0.4) is 0 Å². The van der Waals surface area contributed by atoms with Crippen molar-refractivity contribution < 1.29 is 15.3 Å². The summed E-state index contributed by atoms with van der Waals surface area (Å²) in [6.45, 7) is 1.81. The summed E-state index contributed by atoms with van der Waals surface area (Å²) in [5.41, 5.74) is -0.632. The summed E-state index contributed by atoms with van der Waals surface area (Å²) < 4.78 is 0. The molecule has 3 nitrogen and oxygen atoms in total. The molecule has 0 radical (unpaired) electrons. The molecular formula is C9H18O3. The lowest BCUT2D eigenvalue weighted by molar-refractivity contribution is -0.0779. The highest BCUT2D eigenvalue weighted by Crippen LogP contribution is 2.44. The number of hydrogen-bond donors (Lipinski definition) is 3. The average Bonchev–Trinajstić information content (AvgIpc) is 2.05. The Morgan fingerprint density at radius 2 is 1.50 bits per heavy atom. The maximum absolute atomic E-state index is 9.08. The summed E-state index contributed by atoms with van der Waals surface area (Å²) in [5.74, 6) is 0.978. The highest BCUT2D eigenvalue weighted by Gasteiger charge is 2.43. The lowest BCUT2D eigenvalue weighted by Crippen LogP contribution is -2.46. The van der Waals surface area contributed by atoms with Crippen molar-refractivity contribution in [3.63, 3.8) is 0 Å². The van der Waals surface area contributed by atoms with Crippen LogP contribution in [0.4, 0.5) is 0 Å². The molecule has 0 amide bonds. The fraction of sp³-hybridized carbons (Fsp3) is 1.00. The topological polar surface area (TPSA) is 60.7 Å². The minimum Gasteiger partial charge on any atom is -0.396 e. The van der Waals surface area contributed by atoms with E-state index in [2.05, 4.69) is 6.92 Å². The van der Waals surface area contributed by atoms with Crippen LogP contribution in [0.25, 0.3) is 0 Å². The number of hydrogen-bond acceptors (Lipinski definition) is 3. The monoisotopic (exact) mass is 174 g/mol. The van der Waals surface area contributed by atoms with Crippen molar-refractivity contribution in [3.05, 3.63) is 0 Å². The van der Waals surface area contributed by atoms with E-state index in [1.54, 1.807) is 0 Å². The molecule has 1 saturated carbocycles. The first-order chi connectivity index (χ1) is 5.68. The Balaban J connectivity index is 2.53. The van der Waals surface area contributed by atoms with E-state index in [-0.39, 0.29) is 19.8 Å². The van der Waals surface area contributed by atoms with Crippen LogP contribution in [0.5, 0.6) is 0 Å². The van der Waals surface area contributed by atoms with Crippen LogP contribution < -0.4 is 0 Å². The van der Waals surface area contributed by atoms with Crippen LogP contribution >= 0.6 is 0 Å². The normalized spacial score (nSPS) is 30.0. The van der Waals surface area contributed by atoms with E-state index in [4.69, 9.17) is 15.3 Å². The number of rotatable bonds is 4. The van der Waals surface area contributed by atoms with E-state index in [9.17, 15) is 0 Å². The standard InChI is InChI=1S/C9H18O3/c1-7-2-8(3-7)9(4-10,5-11)6-12/h7-8,10-12H,2-6H2,1H3. The third-order valence-electron chi connectivity index (χ3n) is 3.18. The fourth-order valence-electron chi connectivity index (χ4n) is 1.94. The molecule has 0 saturated heterocycles. The Morgan fingerprint density at radius 1 is 1.08 bits per heavy atom. The molecule has 3 heteroatoms. The molecule has 0 unspecified atom stereocenters. The average molecular weight is 174 g/mol. The van der Waals surface area contributed by atoms with Crippen molar-refractivity contribution in [2.75, 3.05) is 19.8 Å². The van der Waals surface area contributed by atoms with E-state index in [0.717, 1.165) is 12.8 Å². The van der Waals surface area contributed by atoms with Gasteiger partial charge in [-0.05, 0) is 24.7 Å². The molecule has 3 N–H and O–H groups in total. The van der Waals surface area contributed by atoms with Crippen molar-refractivity contribution in [2.45, 2.75) is 19.8 Å². The number of aliphatic hydroxyl groups excluding tert-OH is 3. The van der Waals surface area contributed by atoms with E-state index in [0.29, 0.717) is 11.8 Å². The molecular weight excluding hydrogens is 156 g/mol. The van der Waals surface area contributed by atoms with Gasteiger partial charge in [-0.2, -0.15) is 0 Å². The van der Waals surface area contributed by atoms with Gasteiger partial charge < -0.3 is 15.3 Å². The first-order valence-electron chi connectivity index (χ1n) is 4.51. The highest BCUT2D eigenvalue weighted by atomic mass is 16.3. The zero-order valence-electron chi connectivity index (χ0n) is 7.53. The van der Waals surface area contributed by atoms with E-state index >= 15 is 0 Å². The second-order valence-corrected chi connectivity index (χ2v) is 4.11. The van der Waals surface area contributed by atoms with Gasteiger partial charge in [-0.15, -0.1) is 0 Å². The first-order valence-corrected chi connectivity index (χ1v) is 4.51. The summed E-state index contributed by atoms with van der Waals surface area (Å²) in [7, 11) is 0. The van der Waals surface area contributed by atoms with Crippen molar-refractivity contribution in [3.8, 4) is 0 Å². The molecule has 12 heavy (non-hydrogen) atoms. The lowest BCUT2D eigenvalue weighted by Gasteiger charge is -2.45. The molecule has 0 bridgehead atoms. The van der Waals surface area contributed by atoms with Crippen LogP contribution in [0.15, 0.2) is 0 Å². The van der Waals surface area contributed by atoms with Crippen LogP contribution in [-0.2, 0) is 0 Å². The van der Waals surface area contributed by atoms with Crippen LogP contribution in [-0.4, -0.2) is 35.1 Å². The molecule has 1 aliphatic rings. The third-order valence-corrected chi connectivity index (χ3v) is 3.18. The second-order valence-electron chi connectivity index (χ2n) is 4.11. The van der Waals surface area contributed by atoms with E-state index < -0.39 is 5.41 Å². The van der Waals surface area contributed by atoms with Gasteiger partial charge in [0, 0.05) is 5.41 Å². The van der Waals surface area contributed by atoms with Crippen LogP contribution in [0, 0.1) is 17.3 Å². The quantitative estimate of drug-likeness (QED) is 0.562. The maximum Gasteiger partial charge on any atom is 0.0534 e. The van der Waals surface area contributed by atoms with Crippen molar-refractivity contribution in [2.24, 2.45) is 17.3 Å². The Labute approximate surface area is 73.0 Å². The molecule has 72 valence electrons. The van der Waals surface area contributed by atoms with Crippen molar-refractivity contribution in [1.82, 2.24) is 0 Å². The van der Waals surface area contributed by atoms with Gasteiger partial charge in [-0.1, -0.05) is 6.92 Å². The molecule has 0 aliphatic heterocycles. The lowest BCUT2D eigenvalue weighted by atomic mass is 9.62. The minimum absolute atomic E-state index is 0.114. The zero-order chi connectivity index (χ0) is 9.19. The first kappa shape index (κ1) is 9.96. The fourth-order valence-corrected chi connectivity index (χ4v) is 1.94. The molecule has 1 aliphatic carbocycles. The Bertz CT molecular complexity index is 128. The summed E-state index contributed by atoms with van der Waals surface area (Å²) in [6, 6.07) is 0. The Hall–Kier alpha value is -0.120. The smallest absolute Gasteiger partial charge is 0.0534 e. The Morgan fingerprint density at radius 3 is 1.75 bits per heavy atom. The van der Waals surface area contributed by atoms with E-state index in [1.807, 2.05) is 0 Å². The van der Waals surface area contributed by atoms with Gasteiger partial charge in [0.1, 0.15) is 0 Å². The van der Waals surface area contributed by atoms with Crippen LogP contribution in [0.2, 0.25) is 0 Å². The second kappa shape index (κ2) is 3.73. The van der Waals surface area contributed by atoms with Gasteiger partial charge >= 0.3 is 0 Å². The largest absolute Gasteiger partial charge is 0.396 e. The zero-order valence-corrected chi connectivity index (χ0v) is 7.53. The highest BCUT2D eigenvalue weighted by molar-refractivity contribution is 4.92. The van der Waals surface area contributed by atoms with Gasteiger partial charge in [-0.3, -0.25) is 0 Å². The summed E-state index contributed by atoms with van der Waals surface area (Å²) >= 11 is 0. The molecule has 1 rings (SSSR count). The summed E-state index contributed by atoms with van der Waals surface area (Å²) in [6.07, 6.45) is 2.03. The number of aliphatic hydroxyl groups is 3. The summed E-state index contributed by atoms with van der Waals surface area (Å²) in [4.78, 5) is 0. The van der Waals surface area contributed by atoms with Crippen LogP contribution in [0.1, 0.15) is 19.8 Å². The molecule has 0 atom stereocenters. The molecule has 0 heterocycles. The molecule has 0 aromatic heterocycles. The van der Waals surface area contributed by atoms with Crippen molar-refractivity contribution >= 4 is 0 Å². The molecule has 1 fully saturated rings. The predicted molar refractivity (Wildman–Crippen MR) is 45.6 cm³/mol. The molecule has 0 spiro atoms.